The highest BCUT2D eigenvalue weighted by Gasteiger charge is 2.22. The Hall–Kier alpha value is -3.34. The van der Waals surface area contributed by atoms with Gasteiger partial charge in [0.15, 0.2) is 5.82 Å². The number of fused-ring (bicyclic) bond motifs is 3. The van der Waals surface area contributed by atoms with Gasteiger partial charge in [-0.2, -0.15) is 0 Å². The van der Waals surface area contributed by atoms with Crippen LogP contribution in [-0.2, 0) is 12.8 Å². The fraction of sp³-hybridized carbons (Fsp3) is 0.0952. The normalized spacial score (nSPS) is 12.5. The van der Waals surface area contributed by atoms with Crippen molar-refractivity contribution < 1.29 is 4.39 Å². The van der Waals surface area contributed by atoms with Gasteiger partial charge in [-0.3, -0.25) is 9.55 Å². The zero-order valence-corrected chi connectivity index (χ0v) is 13.9. The maximum atomic E-state index is 13.3. The van der Waals surface area contributed by atoms with E-state index in [4.69, 9.17) is 0 Å². The van der Waals surface area contributed by atoms with Crippen LogP contribution in [0.15, 0.2) is 67.0 Å². The largest absolute Gasteiger partial charge is 0.279 e. The van der Waals surface area contributed by atoms with Crippen LogP contribution in [0.25, 0.3) is 28.2 Å². The van der Waals surface area contributed by atoms with Crippen LogP contribution in [0.5, 0.6) is 0 Å². The summed E-state index contributed by atoms with van der Waals surface area (Å²) in [6, 6.07) is 16.8. The molecule has 0 unspecified atom stereocenters. The van der Waals surface area contributed by atoms with Gasteiger partial charge in [-0.05, 0) is 65.6 Å². The smallest absolute Gasteiger partial charge is 0.168 e. The third-order valence-electron chi connectivity index (χ3n) is 4.77. The molecule has 4 nitrogen and oxygen atoms in total. The second-order valence-corrected chi connectivity index (χ2v) is 6.37. The Morgan fingerprint density at radius 1 is 0.846 bits per heavy atom. The second kappa shape index (κ2) is 5.88. The summed E-state index contributed by atoms with van der Waals surface area (Å²) < 4.78 is 15.3. The van der Waals surface area contributed by atoms with Crippen LogP contribution in [0.3, 0.4) is 0 Å². The summed E-state index contributed by atoms with van der Waals surface area (Å²) >= 11 is 0. The van der Waals surface area contributed by atoms with E-state index in [0.29, 0.717) is 0 Å². The van der Waals surface area contributed by atoms with E-state index in [0.717, 1.165) is 46.9 Å². The summed E-state index contributed by atoms with van der Waals surface area (Å²) in [6.45, 7) is 0. The molecule has 1 aliphatic heterocycles. The average Bonchev–Trinajstić information content (AvgIpc) is 3.13. The first-order chi connectivity index (χ1) is 12.8. The van der Waals surface area contributed by atoms with E-state index in [1.165, 1.54) is 17.7 Å². The molecule has 1 aliphatic rings. The van der Waals surface area contributed by atoms with E-state index in [2.05, 4.69) is 44.0 Å². The van der Waals surface area contributed by atoms with Crippen molar-refractivity contribution in [3.8, 4) is 28.2 Å². The van der Waals surface area contributed by atoms with Crippen LogP contribution in [0, 0.1) is 5.82 Å². The average molecular weight is 342 g/mol. The maximum absolute atomic E-state index is 13.3. The molecular formula is C21H15FN4. The van der Waals surface area contributed by atoms with Gasteiger partial charge >= 0.3 is 0 Å². The van der Waals surface area contributed by atoms with Gasteiger partial charge in [0, 0.05) is 24.4 Å². The van der Waals surface area contributed by atoms with E-state index in [9.17, 15) is 4.39 Å². The lowest BCUT2D eigenvalue weighted by Crippen LogP contribution is -2.13. The van der Waals surface area contributed by atoms with Gasteiger partial charge in [0.2, 0.25) is 0 Å². The van der Waals surface area contributed by atoms with E-state index in [1.54, 1.807) is 18.3 Å². The van der Waals surface area contributed by atoms with Crippen molar-refractivity contribution in [1.29, 1.82) is 0 Å². The zero-order valence-electron chi connectivity index (χ0n) is 13.9. The van der Waals surface area contributed by atoms with Gasteiger partial charge in [0.25, 0.3) is 0 Å². The number of aromatic nitrogens is 4. The molecule has 3 heterocycles. The molecule has 126 valence electrons. The molecule has 0 amide bonds. The Bertz CT molecular complexity index is 1080. The molecule has 0 bridgehead atoms. The second-order valence-electron chi connectivity index (χ2n) is 6.37. The monoisotopic (exact) mass is 342 g/mol. The molecule has 0 saturated heterocycles. The number of halogens is 1. The Balaban J connectivity index is 1.63. The van der Waals surface area contributed by atoms with E-state index >= 15 is 0 Å². The van der Waals surface area contributed by atoms with Gasteiger partial charge in [-0.15, -0.1) is 10.2 Å². The summed E-state index contributed by atoms with van der Waals surface area (Å²) in [4.78, 5) is 4.21. The van der Waals surface area contributed by atoms with Crippen molar-refractivity contribution >= 4 is 0 Å². The number of benzene rings is 2. The van der Waals surface area contributed by atoms with E-state index in [-0.39, 0.29) is 5.82 Å². The van der Waals surface area contributed by atoms with Crippen molar-refractivity contribution in [3.63, 3.8) is 0 Å². The van der Waals surface area contributed by atoms with Gasteiger partial charge in [0.05, 0.1) is 5.69 Å². The summed E-state index contributed by atoms with van der Waals surface area (Å²) in [5, 5.41) is 8.70. The molecule has 2 aromatic carbocycles. The minimum atomic E-state index is -0.256. The first-order valence-electron chi connectivity index (χ1n) is 8.53. The lowest BCUT2D eigenvalue weighted by atomic mass is 9.97. The maximum Gasteiger partial charge on any atom is 0.168 e. The topological polar surface area (TPSA) is 43.6 Å². The number of nitrogens with zero attached hydrogens (tertiary/aromatic N) is 4. The molecule has 0 atom stereocenters. The minimum Gasteiger partial charge on any atom is -0.279 e. The molecule has 26 heavy (non-hydrogen) atoms. The highest BCUT2D eigenvalue weighted by molar-refractivity contribution is 5.68. The first kappa shape index (κ1) is 15.0. The fourth-order valence-electron chi connectivity index (χ4n) is 3.48. The van der Waals surface area contributed by atoms with Gasteiger partial charge < -0.3 is 0 Å². The summed E-state index contributed by atoms with van der Waals surface area (Å²) in [5.41, 5.74) is 5.44. The van der Waals surface area contributed by atoms with Gasteiger partial charge in [-0.25, -0.2) is 4.39 Å². The molecule has 0 radical (unpaired) electrons. The Morgan fingerprint density at radius 3 is 2.50 bits per heavy atom. The summed E-state index contributed by atoms with van der Waals surface area (Å²) in [7, 11) is 0. The molecule has 0 aliphatic carbocycles. The number of rotatable bonds is 2. The minimum absolute atomic E-state index is 0.256. The van der Waals surface area contributed by atoms with Gasteiger partial charge in [0.1, 0.15) is 11.6 Å². The number of hydrogen-bond donors (Lipinski definition) is 0. The van der Waals surface area contributed by atoms with Crippen molar-refractivity contribution in [2.45, 2.75) is 12.8 Å². The SMILES string of the molecule is Fc1ccc(-c2nnc3n2-c2ccc(-c4cccnc4)cc2CC3)cc1. The Kier molecular flexibility index (Phi) is 3.38. The van der Waals surface area contributed by atoms with Crippen molar-refractivity contribution in [2.75, 3.05) is 0 Å². The van der Waals surface area contributed by atoms with Crippen molar-refractivity contribution in [3.05, 3.63) is 84.2 Å². The van der Waals surface area contributed by atoms with Crippen LogP contribution in [0.4, 0.5) is 4.39 Å². The van der Waals surface area contributed by atoms with Crippen LogP contribution >= 0.6 is 0 Å². The Morgan fingerprint density at radius 2 is 1.69 bits per heavy atom. The van der Waals surface area contributed by atoms with Crippen LogP contribution in [0.2, 0.25) is 0 Å². The quantitative estimate of drug-likeness (QED) is 0.547. The molecule has 0 N–H and O–H groups in total. The fourth-order valence-corrected chi connectivity index (χ4v) is 3.48. The summed E-state index contributed by atoms with van der Waals surface area (Å²) in [5.74, 6) is 1.43. The lowest BCUT2D eigenvalue weighted by Gasteiger charge is -2.20. The predicted octanol–water partition coefficient (Wildman–Crippen LogP) is 4.23. The lowest BCUT2D eigenvalue weighted by molar-refractivity contribution is 0.628. The molecule has 5 heteroatoms. The molecule has 4 aromatic rings. The molecule has 5 rings (SSSR count). The van der Waals surface area contributed by atoms with Crippen molar-refractivity contribution in [1.82, 2.24) is 19.7 Å². The summed E-state index contributed by atoms with van der Waals surface area (Å²) in [6.07, 6.45) is 5.40. The third kappa shape index (κ3) is 2.40. The van der Waals surface area contributed by atoms with Gasteiger partial charge in [-0.1, -0.05) is 12.1 Å². The standard InChI is InChI=1S/C21H15FN4/c22-18-7-3-14(4-8-18)21-25-24-20-10-6-16-12-15(5-9-19(16)26(20)21)17-2-1-11-23-13-17/h1-5,7-9,11-13H,6,10H2. The number of pyridine rings is 1. The van der Waals surface area contributed by atoms with Crippen molar-refractivity contribution in [2.24, 2.45) is 0 Å². The predicted molar refractivity (Wildman–Crippen MR) is 97.4 cm³/mol. The number of hydrogen-bond acceptors (Lipinski definition) is 3. The van der Waals surface area contributed by atoms with Crippen LogP contribution in [0.1, 0.15) is 11.4 Å². The third-order valence-corrected chi connectivity index (χ3v) is 4.77. The van der Waals surface area contributed by atoms with Crippen LogP contribution in [-0.4, -0.2) is 19.7 Å². The molecular weight excluding hydrogens is 327 g/mol. The van der Waals surface area contributed by atoms with E-state index in [1.807, 2.05) is 12.3 Å². The zero-order chi connectivity index (χ0) is 17.5. The molecule has 0 spiro atoms. The molecule has 2 aromatic heterocycles. The highest BCUT2D eigenvalue weighted by atomic mass is 19.1. The number of aryl methyl sites for hydroxylation is 2. The van der Waals surface area contributed by atoms with Crippen LogP contribution < -0.4 is 0 Å². The van der Waals surface area contributed by atoms with E-state index < -0.39 is 0 Å². The molecule has 0 saturated carbocycles. The molecule has 0 fully saturated rings. The first-order valence-corrected chi connectivity index (χ1v) is 8.53. The highest BCUT2D eigenvalue weighted by Crippen LogP contribution is 2.32. The Labute approximate surface area is 150 Å².